The summed E-state index contributed by atoms with van der Waals surface area (Å²) in [6.07, 6.45) is 2.70. The fourth-order valence-electron chi connectivity index (χ4n) is 4.17. The van der Waals surface area contributed by atoms with E-state index >= 15 is 0 Å². The van der Waals surface area contributed by atoms with E-state index in [0.717, 1.165) is 15.9 Å². The van der Waals surface area contributed by atoms with E-state index < -0.39 is 40.6 Å². The van der Waals surface area contributed by atoms with E-state index in [1.165, 1.54) is 0 Å². The zero-order valence-electron chi connectivity index (χ0n) is 16.1. The molecule has 4 rings (SSSR count). The van der Waals surface area contributed by atoms with Gasteiger partial charge in [0.15, 0.2) is 0 Å². The van der Waals surface area contributed by atoms with Gasteiger partial charge in [-0.2, -0.15) is 9.29 Å². The lowest BCUT2D eigenvalue weighted by molar-refractivity contribution is 0.0534. The summed E-state index contributed by atoms with van der Waals surface area (Å²) in [5.41, 5.74) is 0.551. The number of sulfonamides is 1. The highest BCUT2D eigenvalue weighted by molar-refractivity contribution is 7.88. The highest BCUT2D eigenvalue weighted by Gasteiger charge is 2.34. The molecular formula is C18H25F2N5O3S. The molecule has 1 saturated heterocycles. The van der Waals surface area contributed by atoms with Crippen molar-refractivity contribution in [3.05, 3.63) is 18.5 Å². The third kappa shape index (κ3) is 4.22. The van der Waals surface area contributed by atoms with Crippen molar-refractivity contribution in [2.24, 2.45) is 0 Å². The molecule has 160 valence electrons. The lowest BCUT2D eigenvalue weighted by atomic mass is 9.91. The van der Waals surface area contributed by atoms with Crippen LogP contribution in [0.5, 0.6) is 0 Å². The van der Waals surface area contributed by atoms with Crippen LogP contribution in [-0.2, 0) is 10.0 Å². The standard InChI is InChI=1S/C18H25F2N5O3S/c1-29(27,28)24-6-5-15(14(20)10-24)22-18-21-9-11-4-7-25(17(11)23-18)16-3-2-12(26)8-13(16)19/h4,7,9,12-16,26H,2-3,5-6,8,10H2,1H3,(H,21,22,23)/t12-,13+,14-,15-,16+/m1/s1. The molecule has 29 heavy (non-hydrogen) atoms. The van der Waals surface area contributed by atoms with Gasteiger partial charge < -0.3 is 15.0 Å². The van der Waals surface area contributed by atoms with Crippen LogP contribution < -0.4 is 5.32 Å². The van der Waals surface area contributed by atoms with Crippen molar-refractivity contribution in [1.82, 2.24) is 18.8 Å². The molecule has 0 bridgehead atoms. The molecule has 11 heteroatoms. The number of aliphatic hydroxyl groups excluding tert-OH is 1. The maximum atomic E-state index is 14.5. The van der Waals surface area contributed by atoms with Crippen molar-refractivity contribution < 1.29 is 22.3 Å². The Bertz CT molecular complexity index is 985. The summed E-state index contributed by atoms with van der Waals surface area (Å²) in [7, 11) is -3.43. The predicted molar refractivity (Wildman–Crippen MR) is 105 cm³/mol. The first-order valence-corrected chi connectivity index (χ1v) is 11.6. The average Bonchev–Trinajstić information content (AvgIpc) is 3.05. The van der Waals surface area contributed by atoms with Gasteiger partial charge >= 0.3 is 0 Å². The Balaban J connectivity index is 1.52. The number of nitrogens with one attached hydrogen (secondary N) is 1. The number of hydrogen-bond acceptors (Lipinski definition) is 6. The monoisotopic (exact) mass is 429 g/mol. The molecule has 0 unspecified atom stereocenters. The second-order valence-corrected chi connectivity index (χ2v) is 9.90. The molecule has 0 aromatic carbocycles. The fraction of sp³-hybridized carbons (Fsp3) is 0.667. The van der Waals surface area contributed by atoms with E-state index in [2.05, 4.69) is 15.3 Å². The smallest absolute Gasteiger partial charge is 0.224 e. The number of fused-ring (bicyclic) bond motifs is 1. The van der Waals surface area contributed by atoms with Crippen LogP contribution in [0.2, 0.25) is 0 Å². The van der Waals surface area contributed by atoms with Crippen LogP contribution in [0, 0.1) is 0 Å². The molecule has 0 amide bonds. The van der Waals surface area contributed by atoms with Crippen LogP contribution in [0.4, 0.5) is 14.7 Å². The lowest BCUT2D eigenvalue weighted by Crippen LogP contribution is -2.49. The molecule has 1 saturated carbocycles. The van der Waals surface area contributed by atoms with Crippen molar-refractivity contribution in [2.75, 3.05) is 24.7 Å². The van der Waals surface area contributed by atoms with Crippen LogP contribution in [0.1, 0.15) is 31.7 Å². The molecule has 2 N–H and O–H groups in total. The molecule has 8 nitrogen and oxygen atoms in total. The maximum absolute atomic E-state index is 14.5. The predicted octanol–water partition coefficient (Wildman–Crippen LogP) is 1.64. The van der Waals surface area contributed by atoms with E-state index in [1.807, 2.05) is 0 Å². The third-order valence-electron chi connectivity index (χ3n) is 5.81. The van der Waals surface area contributed by atoms with Crippen LogP contribution in [-0.4, -0.2) is 76.2 Å². The Kier molecular flexibility index (Phi) is 5.47. The molecule has 0 spiro atoms. The molecule has 3 heterocycles. The Labute approximate surface area is 168 Å². The molecule has 2 aromatic rings. The molecular weight excluding hydrogens is 404 g/mol. The number of alkyl halides is 2. The SMILES string of the molecule is CS(=O)(=O)N1CC[C@@H](Nc2ncc3ccn([C@H]4CC[C@@H](O)C[C@@H]4F)c3n2)[C@H](F)C1. The van der Waals surface area contributed by atoms with Gasteiger partial charge in [0.1, 0.15) is 18.0 Å². The number of anilines is 1. The van der Waals surface area contributed by atoms with Gasteiger partial charge in [-0.15, -0.1) is 0 Å². The molecule has 2 aliphatic rings. The lowest BCUT2D eigenvalue weighted by Gasteiger charge is -2.33. The van der Waals surface area contributed by atoms with Gasteiger partial charge in [0, 0.05) is 37.3 Å². The second-order valence-electron chi connectivity index (χ2n) is 7.92. The molecule has 2 aromatic heterocycles. The summed E-state index contributed by atoms with van der Waals surface area (Å²) in [5.74, 6) is 0.226. The van der Waals surface area contributed by atoms with Crippen molar-refractivity contribution >= 4 is 27.0 Å². The summed E-state index contributed by atoms with van der Waals surface area (Å²) in [4.78, 5) is 8.70. The number of hydrogen-bond donors (Lipinski definition) is 2. The van der Waals surface area contributed by atoms with Gasteiger partial charge in [-0.05, 0) is 25.3 Å². The topological polar surface area (TPSA) is 100 Å². The minimum atomic E-state index is -3.43. The van der Waals surface area contributed by atoms with E-state index in [0.29, 0.717) is 24.9 Å². The Morgan fingerprint density at radius 2 is 2.03 bits per heavy atom. The van der Waals surface area contributed by atoms with Gasteiger partial charge in [0.2, 0.25) is 16.0 Å². The zero-order valence-corrected chi connectivity index (χ0v) is 16.9. The summed E-state index contributed by atoms with van der Waals surface area (Å²) in [6, 6.07) is 0.789. The van der Waals surface area contributed by atoms with Gasteiger partial charge in [-0.1, -0.05) is 0 Å². The number of rotatable bonds is 4. The highest BCUT2D eigenvalue weighted by atomic mass is 32.2. The Hall–Kier alpha value is -1.85. The second kappa shape index (κ2) is 7.77. The van der Waals surface area contributed by atoms with E-state index in [4.69, 9.17) is 0 Å². The highest BCUT2D eigenvalue weighted by Crippen LogP contribution is 2.33. The first kappa shape index (κ1) is 20.4. The van der Waals surface area contributed by atoms with Crippen molar-refractivity contribution in [3.63, 3.8) is 0 Å². The summed E-state index contributed by atoms with van der Waals surface area (Å²) >= 11 is 0. The first-order valence-electron chi connectivity index (χ1n) is 9.74. The van der Waals surface area contributed by atoms with Crippen molar-refractivity contribution in [3.8, 4) is 0 Å². The average molecular weight is 429 g/mol. The van der Waals surface area contributed by atoms with E-state index in [9.17, 15) is 22.3 Å². The fourth-order valence-corrected chi connectivity index (χ4v) is 5.02. The number of piperidine rings is 1. The van der Waals surface area contributed by atoms with Crippen LogP contribution >= 0.6 is 0 Å². The third-order valence-corrected chi connectivity index (χ3v) is 7.08. The van der Waals surface area contributed by atoms with Crippen LogP contribution in [0.15, 0.2) is 18.5 Å². The van der Waals surface area contributed by atoms with Crippen LogP contribution in [0.25, 0.3) is 11.0 Å². The molecule has 1 aliphatic carbocycles. The van der Waals surface area contributed by atoms with Gasteiger partial charge in [-0.3, -0.25) is 0 Å². The molecule has 2 fully saturated rings. The van der Waals surface area contributed by atoms with Crippen LogP contribution in [0.3, 0.4) is 0 Å². The summed E-state index contributed by atoms with van der Waals surface area (Å²) in [6.45, 7) is 0.0204. The maximum Gasteiger partial charge on any atom is 0.224 e. The number of aromatic nitrogens is 3. The quantitative estimate of drug-likeness (QED) is 0.767. The van der Waals surface area contributed by atoms with Gasteiger partial charge in [-0.25, -0.2) is 22.2 Å². The van der Waals surface area contributed by atoms with Gasteiger partial charge in [0.25, 0.3) is 0 Å². The summed E-state index contributed by atoms with van der Waals surface area (Å²) in [5, 5.41) is 13.4. The number of nitrogens with zero attached hydrogens (tertiary/aromatic N) is 4. The number of halogens is 2. The minimum Gasteiger partial charge on any atom is -0.393 e. The zero-order chi connectivity index (χ0) is 20.8. The normalized spacial score (nSPS) is 31.8. The Morgan fingerprint density at radius 3 is 2.72 bits per heavy atom. The molecule has 1 aliphatic heterocycles. The first-order chi connectivity index (χ1) is 13.7. The summed E-state index contributed by atoms with van der Waals surface area (Å²) < 4.78 is 55.1. The Morgan fingerprint density at radius 1 is 1.24 bits per heavy atom. The van der Waals surface area contributed by atoms with E-state index in [-0.39, 0.29) is 25.5 Å². The van der Waals surface area contributed by atoms with Crippen molar-refractivity contribution in [2.45, 2.75) is 56.2 Å². The minimum absolute atomic E-state index is 0.100. The van der Waals surface area contributed by atoms with Crippen molar-refractivity contribution in [1.29, 1.82) is 0 Å². The van der Waals surface area contributed by atoms with Gasteiger partial charge in [0.05, 0.1) is 24.4 Å². The largest absolute Gasteiger partial charge is 0.393 e. The molecule has 5 atom stereocenters. The molecule has 0 radical (unpaired) electrons. The van der Waals surface area contributed by atoms with E-state index in [1.54, 1.807) is 23.0 Å². The number of aliphatic hydroxyl groups is 1.